The number of phosphoric ester groups is 1. The van der Waals surface area contributed by atoms with E-state index >= 15 is 0 Å². The molecule has 0 heterocycles. The van der Waals surface area contributed by atoms with Crippen LogP contribution in [0, 0.1) is 0 Å². The highest BCUT2D eigenvalue weighted by Gasteiger charge is 2.26. The monoisotopic (exact) mass is 887 g/mol. The normalized spacial score (nSPS) is 13.5. The Balaban J connectivity index is 4.26. The number of likely N-dealkylation sites (N-methyl/N-ethyl adjacent to an activating group) is 1. The highest BCUT2D eigenvalue weighted by Crippen LogP contribution is 2.43. The molecule has 2 atom stereocenters. The summed E-state index contributed by atoms with van der Waals surface area (Å²) in [5, 5.41) is 1.02. The van der Waals surface area contributed by atoms with Gasteiger partial charge in [0, 0.05) is 12.8 Å². The van der Waals surface area contributed by atoms with Gasteiger partial charge in [-0.2, -0.15) is 23.5 Å². The van der Waals surface area contributed by atoms with Crippen molar-refractivity contribution in [1.29, 1.82) is 0 Å². The van der Waals surface area contributed by atoms with E-state index in [2.05, 4.69) is 37.4 Å². The van der Waals surface area contributed by atoms with Crippen molar-refractivity contribution >= 4 is 65.9 Å². The van der Waals surface area contributed by atoms with Crippen molar-refractivity contribution in [3.8, 4) is 0 Å². The third-order valence-corrected chi connectivity index (χ3v) is 13.5. The third kappa shape index (κ3) is 44.1. The molecule has 0 rings (SSSR count). The van der Waals surface area contributed by atoms with Gasteiger partial charge < -0.3 is 18.9 Å². The molecule has 56 heavy (non-hydrogen) atoms. The van der Waals surface area contributed by atoms with Gasteiger partial charge in [0.25, 0.3) is 0 Å². The summed E-state index contributed by atoms with van der Waals surface area (Å²) in [5.41, 5.74) is 0. The van der Waals surface area contributed by atoms with Crippen molar-refractivity contribution in [2.75, 3.05) is 70.5 Å². The summed E-state index contributed by atoms with van der Waals surface area (Å²) in [4.78, 5) is 10.3. The lowest BCUT2D eigenvalue weighted by molar-refractivity contribution is -0.870. The molecule has 0 saturated heterocycles. The molecule has 0 aromatic heterocycles. The average molecular weight is 887 g/mol. The van der Waals surface area contributed by atoms with Gasteiger partial charge in [-0.25, -0.2) is 4.57 Å². The Hall–Kier alpha value is 0.550. The number of unbranched alkanes of at least 4 members (excludes halogenated alkanes) is 24. The number of phosphoric acid groups is 1. The Morgan fingerprint density at radius 2 is 0.911 bits per heavy atom. The molecule has 0 fully saturated rings. The minimum absolute atomic E-state index is 0.110. The van der Waals surface area contributed by atoms with Crippen LogP contribution in [0.2, 0.25) is 0 Å². The van der Waals surface area contributed by atoms with E-state index in [-0.39, 0.29) is 19.8 Å². The zero-order valence-corrected chi connectivity index (χ0v) is 41.2. The van der Waals surface area contributed by atoms with E-state index in [1.54, 1.807) is 0 Å². The maximum Gasteiger partial charge on any atom is 0.472 e. The van der Waals surface area contributed by atoms with Crippen LogP contribution in [0.5, 0.6) is 0 Å². The maximum atomic E-state index is 12.6. The van der Waals surface area contributed by atoms with E-state index in [1.807, 2.05) is 21.1 Å². The second-order valence-electron chi connectivity index (χ2n) is 16.5. The number of quaternary nitrogens is 1. The molecule has 0 amide bonds. The minimum Gasteiger partial charge on any atom is -0.483 e. The van der Waals surface area contributed by atoms with Gasteiger partial charge >= 0.3 is 7.82 Å². The molecule has 0 aromatic carbocycles. The summed E-state index contributed by atoms with van der Waals surface area (Å²) in [6, 6.07) is 0. The predicted molar refractivity (Wildman–Crippen MR) is 256 cm³/mol. The van der Waals surface area contributed by atoms with Crippen molar-refractivity contribution in [1.82, 2.24) is 0 Å². The standard InChI is InChI=1S/C44H88NO6PS4/c1-6-55-38-32-28-24-20-16-12-8-10-14-18-22-26-30-34-43(53)48-40-42(41-50-52(46,47)49-37-36-45(3,4)5)51-44(54)35-31-27-23-19-15-11-9-13-17-21-25-29-33-39-56-7-2/h42H,6-41H2,1-5H3/p+1/t42-/m1/s1. The van der Waals surface area contributed by atoms with Crippen LogP contribution in [0.15, 0.2) is 0 Å². The van der Waals surface area contributed by atoms with E-state index < -0.39 is 13.9 Å². The molecule has 0 aliphatic carbocycles. The molecule has 0 saturated carbocycles. The lowest BCUT2D eigenvalue weighted by atomic mass is 10.0. The van der Waals surface area contributed by atoms with Crippen LogP contribution < -0.4 is 0 Å². The van der Waals surface area contributed by atoms with Gasteiger partial charge in [0.05, 0.1) is 27.7 Å². The molecule has 1 unspecified atom stereocenters. The van der Waals surface area contributed by atoms with E-state index in [1.165, 1.54) is 164 Å². The number of hydrogen-bond donors (Lipinski definition) is 1. The molecule has 0 aliphatic rings. The Morgan fingerprint density at radius 1 is 0.554 bits per heavy atom. The van der Waals surface area contributed by atoms with Crippen LogP contribution in [0.3, 0.4) is 0 Å². The summed E-state index contributed by atoms with van der Waals surface area (Å²) in [7, 11) is 1.74. The molecule has 0 radical (unpaired) electrons. The average Bonchev–Trinajstić information content (AvgIpc) is 3.15. The fraction of sp³-hybridized carbons (Fsp3) is 0.955. The highest BCUT2D eigenvalue weighted by atomic mass is 32.2. The largest absolute Gasteiger partial charge is 0.483 e. The Labute approximate surface area is 366 Å². The van der Waals surface area contributed by atoms with Crippen molar-refractivity contribution in [3.63, 3.8) is 0 Å². The minimum atomic E-state index is -4.25. The molecular weight excluding hydrogens is 798 g/mol. The number of nitrogens with zero attached hydrogens (tertiary/aromatic N) is 1. The van der Waals surface area contributed by atoms with Gasteiger partial charge in [-0.15, -0.1) is 0 Å². The van der Waals surface area contributed by atoms with Crippen LogP contribution in [0.1, 0.15) is 194 Å². The second kappa shape index (κ2) is 40.9. The van der Waals surface area contributed by atoms with E-state index in [4.69, 9.17) is 43.0 Å². The van der Waals surface area contributed by atoms with Gasteiger partial charge in [-0.1, -0.05) is 155 Å². The number of ether oxygens (including phenoxy) is 2. The van der Waals surface area contributed by atoms with Crippen LogP contribution in [-0.2, 0) is 23.1 Å². The third-order valence-electron chi connectivity index (χ3n) is 9.92. The maximum absolute atomic E-state index is 12.6. The highest BCUT2D eigenvalue weighted by molar-refractivity contribution is 7.99. The lowest BCUT2D eigenvalue weighted by Crippen LogP contribution is -2.37. The Bertz CT molecular complexity index is 942. The van der Waals surface area contributed by atoms with Crippen LogP contribution >= 0.6 is 55.8 Å². The second-order valence-corrected chi connectivity index (χ2v) is 21.6. The first-order chi connectivity index (χ1) is 27.0. The fourth-order valence-electron chi connectivity index (χ4n) is 6.39. The van der Waals surface area contributed by atoms with Crippen LogP contribution in [-0.4, -0.2) is 96.1 Å². The molecule has 0 bridgehead atoms. The van der Waals surface area contributed by atoms with E-state index in [0.717, 1.165) is 32.1 Å². The number of thiocarbonyl (C=S) groups is 2. The van der Waals surface area contributed by atoms with Gasteiger partial charge in [0.1, 0.15) is 19.8 Å². The zero-order valence-electron chi connectivity index (χ0n) is 37.0. The smallest absolute Gasteiger partial charge is 0.472 e. The van der Waals surface area contributed by atoms with E-state index in [9.17, 15) is 9.46 Å². The number of hydrogen-bond acceptors (Lipinski definition) is 9. The molecule has 12 heteroatoms. The first-order valence-electron chi connectivity index (χ1n) is 22.9. The van der Waals surface area contributed by atoms with Gasteiger partial charge in [-0.05, 0) is 73.1 Å². The topological polar surface area (TPSA) is 74.2 Å². The SMILES string of the molecule is CCSCCCCCCCCCCCCCCCC(=S)OC[C@H](COP(=O)(O)OCC[N+](C)(C)C)OC(=S)CCCCCCCCCCCCCCCSCC. The van der Waals surface area contributed by atoms with Crippen molar-refractivity contribution < 1.29 is 32.5 Å². The number of rotatable bonds is 44. The first kappa shape index (κ1) is 56.5. The van der Waals surface area contributed by atoms with Crippen molar-refractivity contribution in [3.05, 3.63) is 0 Å². The molecule has 1 N–H and O–H groups in total. The summed E-state index contributed by atoms with van der Waals surface area (Å²) in [5.74, 6) is 5.16. The summed E-state index contributed by atoms with van der Waals surface area (Å²) in [6.07, 6.45) is 34.7. The molecule has 0 aliphatic heterocycles. The van der Waals surface area contributed by atoms with Crippen LogP contribution in [0.25, 0.3) is 0 Å². The summed E-state index contributed by atoms with van der Waals surface area (Å²) in [6.45, 7) is 5.12. The number of thioether (sulfide) groups is 2. The van der Waals surface area contributed by atoms with E-state index in [0.29, 0.717) is 27.5 Å². The Morgan fingerprint density at radius 3 is 1.29 bits per heavy atom. The predicted octanol–water partition coefficient (Wildman–Crippen LogP) is 14.3. The van der Waals surface area contributed by atoms with Gasteiger partial charge in [0.15, 0.2) is 16.2 Å². The van der Waals surface area contributed by atoms with Gasteiger partial charge in [0.2, 0.25) is 0 Å². The molecule has 0 spiro atoms. The molecule has 0 aromatic rings. The summed E-state index contributed by atoms with van der Waals surface area (Å²) < 4.78 is 35.7. The summed E-state index contributed by atoms with van der Waals surface area (Å²) >= 11 is 15.2. The molecule has 7 nitrogen and oxygen atoms in total. The van der Waals surface area contributed by atoms with Crippen molar-refractivity contribution in [2.45, 2.75) is 200 Å². The quantitative estimate of drug-likeness (QED) is 0.0277. The zero-order chi connectivity index (χ0) is 41.4. The first-order valence-corrected chi connectivity index (χ1v) is 27.5. The fourth-order valence-corrected chi connectivity index (χ4v) is 9.02. The van der Waals surface area contributed by atoms with Crippen molar-refractivity contribution in [2.24, 2.45) is 0 Å². The van der Waals surface area contributed by atoms with Crippen LogP contribution in [0.4, 0.5) is 0 Å². The lowest BCUT2D eigenvalue weighted by Gasteiger charge is -2.24. The van der Waals surface area contributed by atoms with Gasteiger partial charge in [-0.3, -0.25) is 9.05 Å². The molecule has 334 valence electrons. The molecular formula is C44H89NO6PS4+. The Kier molecular flexibility index (Phi) is 41.3.